The van der Waals surface area contributed by atoms with Crippen LogP contribution in [0.3, 0.4) is 0 Å². The zero-order valence-electron chi connectivity index (χ0n) is 16.0. The Morgan fingerprint density at radius 3 is 2.88 bits per heavy atom. The van der Waals surface area contributed by atoms with Gasteiger partial charge in [-0.05, 0) is 18.6 Å². The van der Waals surface area contributed by atoms with Crippen LogP contribution in [0.15, 0.2) is 23.2 Å². The Kier molecular flexibility index (Phi) is 7.72. The monoisotopic (exact) mass is 363 g/mol. The number of ether oxygens (including phenoxy) is 3. The van der Waals surface area contributed by atoms with Gasteiger partial charge in [-0.15, -0.1) is 0 Å². The second-order valence-electron chi connectivity index (χ2n) is 6.45. The molecule has 1 aliphatic rings. The lowest BCUT2D eigenvalue weighted by Gasteiger charge is -2.18. The van der Waals surface area contributed by atoms with Crippen molar-refractivity contribution in [2.45, 2.75) is 32.9 Å². The lowest BCUT2D eigenvalue weighted by atomic mass is 10.1. The van der Waals surface area contributed by atoms with E-state index in [0.717, 1.165) is 29.9 Å². The Hall–Kier alpha value is -2.28. The number of nitrogens with one attached hydrogen (secondary N) is 2. The highest BCUT2D eigenvalue weighted by molar-refractivity contribution is 5.80. The van der Waals surface area contributed by atoms with Crippen LogP contribution in [-0.2, 0) is 20.8 Å². The summed E-state index contributed by atoms with van der Waals surface area (Å²) in [7, 11) is 3.08. The minimum atomic E-state index is -0.251. The lowest BCUT2D eigenvalue weighted by Crippen LogP contribution is -2.40. The Bertz CT molecular complexity index is 627. The van der Waals surface area contributed by atoms with Gasteiger partial charge in [0.15, 0.2) is 5.96 Å². The normalized spacial score (nSPS) is 18.3. The molecule has 26 heavy (non-hydrogen) atoms. The van der Waals surface area contributed by atoms with Crippen molar-refractivity contribution >= 4 is 11.9 Å². The summed E-state index contributed by atoms with van der Waals surface area (Å²) in [6.07, 6.45) is 1.02. The quantitative estimate of drug-likeness (QED) is 0.435. The van der Waals surface area contributed by atoms with Gasteiger partial charge in [0, 0.05) is 32.1 Å². The van der Waals surface area contributed by atoms with Gasteiger partial charge in [0.2, 0.25) is 0 Å². The number of carbonyl (C=O) groups excluding carboxylic acids is 1. The van der Waals surface area contributed by atoms with E-state index < -0.39 is 0 Å². The topological polar surface area (TPSA) is 81.2 Å². The molecule has 7 heteroatoms. The summed E-state index contributed by atoms with van der Waals surface area (Å²) in [6.45, 7) is 6.25. The summed E-state index contributed by atoms with van der Waals surface area (Å²) < 4.78 is 16.2. The van der Waals surface area contributed by atoms with Gasteiger partial charge in [-0.25, -0.2) is 0 Å². The van der Waals surface area contributed by atoms with Crippen molar-refractivity contribution in [2.75, 3.05) is 33.9 Å². The number of hydrogen-bond acceptors (Lipinski definition) is 5. The Labute approximate surface area is 155 Å². The summed E-state index contributed by atoms with van der Waals surface area (Å²) >= 11 is 0. The van der Waals surface area contributed by atoms with E-state index in [2.05, 4.69) is 27.8 Å². The number of nitrogens with zero attached hydrogens (tertiary/aromatic N) is 1. The first-order valence-corrected chi connectivity index (χ1v) is 8.89. The van der Waals surface area contributed by atoms with Crippen molar-refractivity contribution in [1.82, 2.24) is 10.6 Å². The first-order valence-electron chi connectivity index (χ1n) is 8.89. The number of hydrogen-bond donors (Lipinski definition) is 2. The molecule has 1 fully saturated rings. The van der Waals surface area contributed by atoms with Crippen molar-refractivity contribution in [3.63, 3.8) is 0 Å². The van der Waals surface area contributed by atoms with Crippen LogP contribution in [0.25, 0.3) is 0 Å². The van der Waals surface area contributed by atoms with Crippen LogP contribution in [0.1, 0.15) is 24.5 Å². The molecule has 2 unspecified atom stereocenters. The maximum atomic E-state index is 11.5. The number of benzene rings is 1. The van der Waals surface area contributed by atoms with E-state index in [0.29, 0.717) is 25.7 Å². The fourth-order valence-electron chi connectivity index (χ4n) is 2.64. The van der Waals surface area contributed by atoms with Crippen molar-refractivity contribution in [3.05, 3.63) is 29.3 Å². The van der Waals surface area contributed by atoms with E-state index in [1.807, 2.05) is 19.9 Å². The van der Waals surface area contributed by atoms with E-state index in [1.54, 1.807) is 7.05 Å². The third-order valence-corrected chi connectivity index (χ3v) is 4.25. The average molecular weight is 363 g/mol. The highest BCUT2D eigenvalue weighted by Crippen LogP contribution is 2.23. The van der Waals surface area contributed by atoms with Gasteiger partial charge in [-0.3, -0.25) is 9.79 Å². The molecule has 2 rings (SSSR count). The number of carbonyl (C=O) groups is 1. The SMILES string of the molecule is CN=C(NCc1ccc(C)cc1OC1CCOC1)NCC(C)C(=O)OC. The average Bonchev–Trinajstić information content (AvgIpc) is 3.15. The van der Waals surface area contributed by atoms with Gasteiger partial charge >= 0.3 is 5.97 Å². The van der Waals surface area contributed by atoms with Gasteiger partial charge in [0.25, 0.3) is 0 Å². The van der Waals surface area contributed by atoms with E-state index in [-0.39, 0.29) is 18.0 Å². The molecule has 0 spiro atoms. The van der Waals surface area contributed by atoms with E-state index in [4.69, 9.17) is 14.2 Å². The Balaban J connectivity index is 1.93. The van der Waals surface area contributed by atoms with Gasteiger partial charge in [-0.1, -0.05) is 19.1 Å². The molecule has 0 aliphatic carbocycles. The molecule has 7 nitrogen and oxygen atoms in total. The van der Waals surface area contributed by atoms with Gasteiger partial charge in [0.1, 0.15) is 11.9 Å². The van der Waals surface area contributed by atoms with Gasteiger partial charge < -0.3 is 24.8 Å². The Morgan fingerprint density at radius 1 is 1.42 bits per heavy atom. The number of aliphatic imine (C=N–C) groups is 1. The van der Waals surface area contributed by atoms with Crippen molar-refractivity contribution < 1.29 is 19.0 Å². The molecule has 0 amide bonds. The highest BCUT2D eigenvalue weighted by Gasteiger charge is 2.19. The fourth-order valence-corrected chi connectivity index (χ4v) is 2.64. The van der Waals surface area contributed by atoms with E-state index in [1.165, 1.54) is 7.11 Å². The second kappa shape index (κ2) is 10.0. The molecule has 2 N–H and O–H groups in total. The molecular weight excluding hydrogens is 334 g/mol. The number of rotatable bonds is 7. The molecule has 0 saturated carbocycles. The molecule has 1 aromatic carbocycles. The third-order valence-electron chi connectivity index (χ3n) is 4.25. The zero-order chi connectivity index (χ0) is 18.9. The van der Waals surface area contributed by atoms with Crippen LogP contribution < -0.4 is 15.4 Å². The van der Waals surface area contributed by atoms with Crippen molar-refractivity contribution in [3.8, 4) is 5.75 Å². The first kappa shape index (κ1) is 20.0. The molecule has 1 aliphatic heterocycles. The molecule has 0 radical (unpaired) electrons. The number of esters is 1. The molecule has 1 aromatic rings. The van der Waals surface area contributed by atoms with Crippen molar-refractivity contribution in [1.29, 1.82) is 0 Å². The minimum Gasteiger partial charge on any atom is -0.488 e. The highest BCUT2D eigenvalue weighted by atomic mass is 16.5. The molecule has 0 bridgehead atoms. The minimum absolute atomic E-state index is 0.105. The molecular formula is C19H29N3O4. The fraction of sp³-hybridized carbons (Fsp3) is 0.579. The maximum Gasteiger partial charge on any atom is 0.310 e. The molecule has 144 valence electrons. The predicted molar refractivity (Wildman–Crippen MR) is 100 cm³/mol. The van der Waals surface area contributed by atoms with Crippen LogP contribution >= 0.6 is 0 Å². The standard InChI is InChI=1S/C19H29N3O4/c1-13-5-6-15(17(9-13)26-16-7-8-25-12-16)11-22-19(20-3)21-10-14(2)18(23)24-4/h5-6,9,14,16H,7-8,10-12H2,1-4H3,(H2,20,21,22). The second-order valence-corrected chi connectivity index (χ2v) is 6.45. The number of methoxy groups -OCH3 is 1. The molecule has 2 atom stereocenters. The largest absolute Gasteiger partial charge is 0.488 e. The molecule has 1 heterocycles. The van der Waals surface area contributed by atoms with Gasteiger partial charge in [0.05, 0.1) is 26.2 Å². The summed E-state index contributed by atoms with van der Waals surface area (Å²) in [5.74, 6) is 0.989. The van der Waals surface area contributed by atoms with Crippen LogP contribution in [0, 0.1) is 12.8 Å². The van der Waals surface area contributed by atoms with E-state index in [9.17, 15) is 4.79 Å². The lowest BCUT2D eigenvalue weighted by molar-refractivity contribution is -0.144. The number of aryl methyl sites for hydroxylation is 1. The summed E-state index contributed by atoms with van der Waals surface area (Å²) in [6, 6.07) is 6.16. The van der Waals surface area contributed by atoms with Gasteiger partial charge in [-0.2, -0.15) is 0 Å². The van der Waals surface area contributed by atoms with Crippen molar-refractivity contribution in [2.24, 2.45) is 10.9 Å². The summed E-state index contributed by atoms with van der Waals surface area (Å²) in [5.41, 5.74) is 2.20. The first-order chi connectivity index (χ1) is 12.5. The predicted octanol–water partition coefficient (Wildman–Crippen LogP) is 1.64. The van der Waals surface area contributed by atoms with Crippen LogP contribution in [0.4, 0.5) is 0 Å². The third kappa shape index (κ3) is 5.91. The van der Waals surface area contributed by atoms with Crippen LogP contribution in [0.5, 0.6) is 5.75 Å². The number of guanidine groups is 1. The smallest absolute Gasteiger partial charge is 0.310 e. The summed E-state index contributed by atoms with van der Waals surface area (Å²) in [4.78, 5) is 15.7. The molecule has 0 aromatic heterocycles. The maximum absolute atomic E-state index is 11.5. The van der Waals surface area contributed by atoms with Crippen LogP contribution in [0.2, 0.25) is 0 Å². The van der Waals surface area contributed by atoms with E-state index >= 15 is 0 Å². The molecule has 1 saturated heterocycles. The Morgan fingerprint density at radius 2 is 2.23 bits per heavy atom. The van der Waals surface area contributed by atoms with Crippen LogP contribution in [-0.4, -0.2) is 51.9 Å². The zero-order valence-corrected chi connectivity index (χ0v) is 16.0. The summed E-state index contributed by atoms with van der Waals surface area (Å²) in [5, 5.41) is 6.39.